The zero-order chi connectivity index (χ0) is 13.7. The van der Waals surface area contributed by atoms with Crippen LogP contribution < -0.4 is 5.73 Å². The molecular weight excluding hydrogens is 251 g/mol. The molecule has 0 aromatic heterocycles. The lowest BCUT2D eigenvalue weighted by atomic mass is 10.0. The van der Waals surface area contributed by atoms with Crippen molar-refractivity contribution in [2.24, 2.45) is 5.73 Å². The molecule has 0 fully saturated rings. The third-order valence-corrected chi connectivity index (χ3v) is 3.76. The standard InChI is InChI=1S/C14H22ClFN2/c1-4-10(3)18(5-2)14(9-17)11-6-7-13(16)12(15)8-11/h6-8,10,14H,4-5,9,17H2,1-3H3. The molecule has 1 rings (SSSR count). The van der Waals surface area contributed by atoms with Crippen molar-refractivity contribution in [2.75, 3.05) is 13.1 Å². The molecule has 0 amide bonds. The molecular formula is C14H22ClFN2. The average molecular weight is 273 g/mol. The minimum atomic E-state index is -0.386. The molecule has 0 spiro atoms. The van der Waals surface area contributed by atoms with Gasteiger partial charge in [0.25, 0.3) is 0 Å². The Kier molecular flexibility index (Phi) is 6.06. The maximum atomic E-state index is 13.2. The number of benzene rings is 1. The summed E-state index contributed by atoms with van der Waals surface area (Å²) in [7, 11) is 0. The van der Waals surface area contributed by atoms with Crippen molar-refractivity contribution in [3.8, 4) is 0 Å². The molecule has 0 aliphatic heterocycles. The quantitative estimate of drug-likeness (QED) is 0.857. The lowest BCUT2D eigenvalue weighted by Crippen LogP contribution is -2.39. The topological polar surface area (TPSA) is 29.3 Å². The fraction of sp³-hybridized carbons (Fsp3) is 0.571. The van der Waals surface area contributed by atoms with E-state index >= 15 is 0 Å². The van der Waals surface area contributed by atoms with Crippen LogP contribution in [0.15, 0.2) is 18.2 Å². The van der Waals surface area contributed by atoms with Gasteiger partial charge in [-0.3, -0.25) is 4.90 Å². The summed E-state index contributed by atoms with van der Waals surface area (Å²) in [6.45, 7) is 7.85. The number of likely N-dealkylation sites (N-methyl/N-ethyl adjacent to an activating group) is 1. The van der Waals surface area contributed by atoms with Gasteiger partial charge in [-0.05, 0) is 37.6 Å². The van der Waals surface area contributed by atoms with Crippen molar-refractivity contribution in [1.82, 2.24) is 4.90 Å². The van der Waals surface area contributed by atoms with Gasteiger partial charge in [0, 0.05) is 18.6 Å². The van der Waals surface area contributed by atoms with Crippen LogP contribution in [0.4, 0.5) is 4.39 Å². The molecule has 0 aliphatic carbocycles. The van der Waals surface area contributed by atoms with Crippen LogP contribution in [0.5, 0.6) is 0 Å². The van der Waals surface area contributed by atoms with E-state index in [9.17, 15) is 4.39 Å². The number of rotatable bonds is 6. The molecule has 18 heavy (non-hydrogen) atoms. The normalized spacial score (nSPS) is 14.8. The van der Waals surface area contributed by atoms with E-state index in [0.717, 1.165) is 18.5 Å². The second-order valence-electron chi connectivity index (χ2n) is 4.51. The van der Waals surface area contributed by atoms with Gasteiger partial charge in [0.1, 0.15) is 5.82 Å². The largest absolute Gasteiger partial charge is 0.329 e. The molecule has 4 heteroatoms. The maximum absolute atomic E-state index is 13.2. The van der Waals surface area contributed by atoms with E-state index in [4.69, 9.17) is 17.3 Å². The predicted molar refractivity (Wildman–Crippen MR) is 75.3 cm³/mol. The first-order valence-corrected chi connectivity index (χ1v) is 6.83. The predicted octanol–water partition coefficient (Wildman–Crippen LogP) is 3.60. The van der Waals surface area contributed by atoms with Gasteiger partial charge < -0.3 is 5.73 Å². The van der Waals surface area contributed by atoms with Crippen LogP contribution in [-0.4, -0.2) is 24.0 Å². The lowest BCUT2D eigenvalue weighted by Gasteiger charge is -2.35. The Hall–Kier alpha value is -0.640. The Bertz CT molecular complexity index is 384. The third-order valence-electron chi connectivity index (χ3n) is 3.47. The fourth-order valence-corrected chi connectivity index (χ4v) is 2.45. The van der Waals surface area contributed by atoms with Crippen LogP contribution in [0.25, 0.3) is 0 Å². The molecule has 0 bridgehead atoms. The monoisotopic (exact) mass is 272 g/mol. The summed E-state index contributed by atoms with van der Waals surface area (Å²) >= 11 is 5.84. The van der Waals surface area contributed by atoms with Crippen molar-refractivity contribution >= 4 is 11.6 Å². The van der Waals surface area contributed by atoms with Gasteiger partial charge in [-0.2, -0.15) is 0 Å². The van der Waals surface area contributed by atoms with E-state index in [1.54, 1.807) is 12.1 Å². The first-order chi connectivity index (χ1) is 8.54. The highest BCUT2D eigenvalue weighted by Gasteiger charge is 2.22. The molecule has 2 atom stereocenters. The molecule has 1 aromatic carbocycles. The second kappa shape index (κ2) is 7.07. The van der Waals surface area contributed by atoms with Gasteiger partial charge in [-0.15, -0.1) is 0 Å². The zero-order valence-corrected chi connectivity index (χ0v) is 12.0. The van der Waals surface area contributed by atoms with Gasteiger partial charge in [0.05, 0.1) is 5.02 Å². The molecule has 2 nitrogen and oxygen atoms in total. The van der Waals surface area contributed by atoms with E-state index in [-0.39, 0.29) is 16.9 Å². The Morgan fingerprint density at radius 3 is 2.50 bits per heavy atom. The first kappa shape index (κ1) is 15.4. The van der Waals surface area contributed by atoms with Crippen LogP contribution in [0.1, 0.15) is 38.8 Å². The van der Waals surface area contributed by atoms with Gasteiger partial charge >= 0.3 is 0 Å². The molecule has 0 saturated carbocycles. The SMILES string of the molecule is CCC(C)N(CC)C(CN)c1ccc(F)c(Cl)c1. The lowest BCUT2D eigenvalue weighted by molar-refractivity contribution is 0.152. The van der Waals surface area contributed by atoms with E-state index in [0.29, 0.717) is 12.6 Å². The van der Waals surface area contributed by atoms with Crippen molar-refractivity contribution in [3.63, 3.8) is 0 Å². The minimum absolute atomic E-state index is 0.0862. The molecule has 0 aliphatic rings. The molecule has 102 valence electrons. The van der Waals surface area contributed by atoms with E-state index in [1.165, 1.54) is 6.07 Å². The Labute approximate surface area is 114 Å². The summed E-state index contributed by atoms with van der Waals surface area (Å²) in [4.78, 5) is 2.32. The summed E-state index contributed by atoms with van der Waals surface area (Å²) in [6, 6.07) is 5.38. The molecule has 1 aromatic rings. The summed E-state index contributed by atoms with van der Waals surface area (Å²) < 4.78 is 13.2. The van der Waals surface area contributed by atoms with Crippen LogP contribution in [-0.2, 0) is 0 Å². The van der Waals surface area contributed by atoms with Crippen LogP contribution in [0.3, 0.4) is 0 Å². The summed E-state index contributed by atoms with van der Waals surface area (Å²) in [6.07, 6.45) is 1.05. The van der Waals surface area contributed by atoms with Gasteiger partial charge in [0.15, 0.2) is 0 Å². The minimum Gasteiger partial charge on any atom is -0.329 e. The van der Waals surface area contributed by atoms with Crippen molar-refractivity contribution < 1.29 is 4.39 Å². The zero-order valence-electron chi connectivity index (χ0n) is 11.3. The Morgan fingerprint density at radius 1 is 1.39 bits per heavy atom. The maximum Gasteiger partial charge on any atom is 0.141 e. The smallest absolute Gasteiger partial charge is 0.141 e. The molecule has 2 unspecified atom stereocenters. The van der Waals surface area contributed by atoms with E-state index in [2.05, 4.69) is 25.7 Å². The Morgan fingerprint density at radius 2 is 2.06 bits per heavy atom. The molecule has 2 N–H and O–H groups in total. The van der Waals surface area contributed by atoms with Gasteiger partial charge in [-0.25, -0.2) is 4.39 Å². The van der Waals surface area contributed by atoms with Crippen LogP contribution in [0, 0.1) is 5.82 Å². The molecule has 0 saturated heterocycles. The van der Waals surface area contributed by atoms with Crippen molar-refractivity contribution in [3.05, 3.63) is 34.6 Å². The highest BCUT2D eigenvalue weighted by atomic mass is 35.5. The highest BCUT2D eigenvalue weighted by Crippen LogP contribution is 2.26. The van der Waals surface area contributed by atoms with Gasteiger partial charge in [-0.1, -0.05) is 31.5 Å². The number of nitrogens with two attached hydrogens (primary N) is 1. The third kappa shape index (κ3) is 3.44. The Balaban J connectivity index is 3.03. The van der Waals surface area contributed by atoms with E-state index < -0.39 is 0 Å². The average Bonchev–Trinajstić information content (AvgIpc) is 2.38. The van der Waals surface area contributed by atoms with Crippen LogP contribution >= 0.6 is 11.6 Å². The van der Waals surface area contributed by atoms with E-state index in [1.807, 2.05) is 0 Å². The summed E-state index contributed by atoms with van der Waals surface area (Å²) in [5, 5.41) is 0.158. The highest BCUT2D eigenvalue weighted by molar-refractivity contribution is 6.30. The van der Waals surface area contributed by atoms with Crippen LogP contribution in [0.2, 0.25) is 5.02 Å². The van der Waals surface area contributed by atoms with Gasteiger partial charge in [0.2, 0.25) is 0 Å². The first-order valence-electron chi connectivity index (χ1n) is 6.45. The second-order valence-corrected chi connectivity index (χ2v) is 4.92. The summed E-state index contributed by atoms with van der Waals surface area (Å²) in [5.41, 5.74) is 6.86. The fourth-order valence-electron chi connectivity index (χ4n) is 2.26. The van der Waals surface area contributed by atoms with Crippen molar-refractivity contribution in [1.29, 1.82) is 0 Å². The molecule has 0 radical (unpaired) electrons. The summed E-state index contributed by atoms with van der Waals surface area (Å²) in [5.74, 6) is -0.386. The number of hydrogen-bond acceptors (Lipinski definition) is 2. The van der Waals surface area contributed by atoms with Crippen molar-refractivity contribution in [2.45, 2.75) is 39.3 Å². The number of hydrogen-bond donors (Lipinski definition) is 1. The number of halogens is 2. The number of nitrogens with zero attached hydrogens (tertiary/aromatic N) is 1. The molecule has 0 heterocycles.